The predicted molar refractivity (Wildman–Crippen MR) is 74.7 cm³/mol. The molecule has 3 rings (SSSR count). The summed E-state index contributed by atoms with van der Waals surface area (Å²) in [7, 11) is 0. The Morgan fingerprint density at radius 1 is 1.29 bits per heavy atom. The molecule has 2 aliphatic heterocycles. The number of amides is 2. The number of hydrogen-bond acceptors (Lipinski definition) is 4. The molecule has 2 amide bonds. The van der Waals surface area contributed by atoms with E-state index >= 15 is 0 Å². The molecule has 2 unspecified atom stereocenters. The monoisotopic (exact) mass is 290 g/mol. The molecular formula is C15H18N2O4. The van der Waals surface area contributed by atoms with Crippen LogP contribution in [0.1, 0.15) is 12.0 Å². The van der Waals surface area contributed by atoms with Crippen LogP contribution in [0.4, 0.5) is 0 Å². The summed E-state index contributed by atoms with van der Waals surface area (Å²) in [6, 6.07) is 6.99. The van der Waals surface area contributed by atoms with Crippen LogP contribution in [0.2, 0.25) is 0 Å². The first-order valence-electron chi connectivity index (χ1n) is 7.09. The van der Waals surface area contributed by atoms with E-state index in [1.165, 1.54) is 4.90 Å². The number of aryl methyl sites for hydroxylation is 1. The van der Waals surface area contributed by atoms with Crippen molar-refractivity contribution in [2.75, 3.05) is 19.8 Å². The zero-order valence-corrected chi connectivity index (χ0v) is 11.7. The van der Waals surface area contributed by atoms with Crippen molar-refractivity contribution in [1.82, 2.24) is 4.90 Å². The van der Waals surface area contributed by atoms with Gasteiger partial charge in [-0.1, -0.05) is 18.2 Å². The molecule has 2 aliphatic rings. The summed E-state index contributed by atoms with van der Waals surface area (Å²) >= 11 is 0. The maximum atomic E-state index is 12.6. The smallest absolute Gasteiger partial charge is 0.264 e. The predicted octanol–water partition coefficient (Wildman–Crippen LogP) is 0.0929. The first-order chi connectivity index (χ1) is 10.2. The summed E-state index contributed by atoms with van der Waals surface area (Å²) in [5.74, 6) is 0.0156. The van der Waals surface area contributed by atoms with Crippen LogP contribution in [-0.4, -0.2) is 48.6 Å². The average Bonchev–Trinajstić information content (AvgIpc) is 2.53. The van der Waals surface area contributed by atoms with E-state index in [1.807, 2.05) is 24.3 Å². The van der Waals surface area contributed by atoms with Crippen molar-refractivity contribution in [2.45, 2.75) is 25.0 Å². The topological polar surface area (TPSA) is 81.9 Å². The van der Waals surface area contributed by atoms with E-state index in [-0.39, 0.29) is 12.5 Å². The third-order valence-corrected chi connectivity index (χ3v) is 3.93. The fourth-order valence-corrected chi connectivity index (χ4v) is 2.79. The lowest BCUT2D eigenvalue weighted by Gasteiger charge is -2.36. The summed E-state index contributed by atoms with van der Waals surface area (Å²) < 4.78 is 11.0. The van der Waals surface area contributed by atoms with Gasteiger partial charge in [-0.3, -0.25) is 9.59 Å². The molecule has 0 aromatic heterocycles. The molecule has 1 saturated heterocycles. The van der Waals surface area contributed by atoms with Gasteiger partial charge >= 0.3 is 0 Å². The number of morpholine rings is 1. The second-order valence-electron chi connectivity index (χ2n) is 5.28. The lowest BCUT2D eigenvalue weighted by atomic mass is 10.0. The maximum Gasteiger partial charge on any atom is 0.264 e. The molecule has 0 aliphatic carbocycles. The van der Waals surface area contributed by atoms with E-state index in [0.29, 0.717) is 19.6 Å². The summed E-state index contributed by atoms with van der Waals surface area (Å²) in [6.07, 6.45) is 0.844. The molecule has 2 heterocycles. The number of primary amides is 1. The molecule has 2 N–H and O–H groups in total. The van der Waals surface area contributed by atoms with Crippen molar-refractivity contribution in [1.29, 1.82) is 0 Å². The molecule has 0 radical (unpaired) electrons. The Labute approximate surface area is 122 Å². The molecule has 112 valence electrons. The second kappa shape index (κ2) is 5.73. The molecule has 1 aromatic rings. The number of nitrogens with zero attached hydrogens (tertiary/aromatic N) is 1. The Hall–Kier alpha value is -2.08. The minimum atomic E-state index is -0.702. The van der Waals surface area contributed by atoms with E-state index in [9.17, 15) is 9.59 Å². The highest BCUT2D eigenvalue weighted by atomic mass is 16.5. The number of carbonyl (C=O) groups is 2. The minimum Gasteiger partial charge on any atom is -0.480 e. The lowest BCUT2D eigenvalue weighted by molar-refractivity contribution is -0.153. The number of fused-ring (bicyclic) bond motifs is 1. The third-order valence-electron chi connectivity index (χ3n) is 3.93. The highest BCUT2D eigenvalue weighted by Gasteiger charge is 2.37. The van der Waals surface area contributed by atoms with E-state index in [1.54, 1.807) is 0 Å². The number of benzene rings is 1. The molecule has 0 spiro atoms. The van der Waals surface area contributed by atoms with Gasteiger partial charge in [0.05, 0.1) is 13.2 Å². The highest BCUT2D eigenvalue weighted by molar-refractivity contribution is 5.89. The van der Waals surface area contributed by atoms with Crippen LogP contribution in [0, 0.1) is 0 Å². The summed E-state index contributed by atoms with van der Waals surface area (Å²) in [5, 5.41) is 0. The van der Waals surface area contributed by atoms with E-state index < -0.39 is 18.1 Å². The standard InChI is InChI=1S/C15H18N2O4/c16-14(18)11-9-20-8-7-17(11)15(19)13-6-5-10-3-1-2-4-12(10)21-13/h1-4,11,13H,5-9H2,(H2,16,18). The first-order valence-corrected chi connectivity index (χ1v) is 7.09. The van der Waals surface area contributed by atoms with Gasteiger partial charge < -0.3 is 20.1 Å². The second-order valence-corrected chi connectivity index (χ2v) is 5.28. The lowest BCUT2D eigenvalue weighted by Crippen LogP contribution is -2.58. The molecule has 0 bridgehead atoms. The van der Waals surface area contributed by atoms with Gasteiger partial charge in [0.15, 0.2) is 6.10 Å². The Kier molecular flexibility index (Phi) is 3.79. The molecule has 21 heavy (non-hydrogen) atoms. The third kappa shape index (κ3) is 2.71. The molecular weight excluding hydrogens is 272 g/mol. The number of nitrogens with two attached hydrogens (primary N) is 1. The molecule has 1 aromatic carbocycles. The molecule has 6 nitrogen and oxygen atoms in total. The van der Waals surface area contributed by atoms with Crippen molar-refractivity contribution >= 4 is 11.8 Å². The largest absolute Gasteiger partial charge is 0.480 e. The van der Waals surface area contributed by atoms with Crippen molar-refractivity contribution < 1.29 is 19.1 Å². The fourth-order valence-electron chi connectivity index (χ4n) is 2.79. The highest BCUT2D eigenvalue weighted by Crippen LogP contribution is 2.28. The average molecular weight is 290 g/mol. The van der Waals surface area contributed by atoms with Crippen LogP contribution in [0.25, 0.3) is 0 Å². The van der Waals surface area contributed by atoms with Gasteiger partial charge in [0.25, 0.3) is 5.91 Å². The molecule has 0 saturated carbocycles. The van der Waals surface area contributed by atoms with Gasteiger partial charge in [0.2, 0.25) is 5.91 Å². The van der Waals surface area contributed by atoms with Crippen molar-refractivity contribution in [3.8, 4) is 5.75 Å². The van der Waals surface area contributed by atoms with Gasteiger partial charge in [0, 0.05) is 6.54 Å². The van der Waals surface area contributed by atoms with Gasteiger partial charge in [0.1, 0.15) is 11.8 Å². The number of ether oxygens (including phenoxy) is 2. The number of para-hydroxylation sites is 1. The van der Waals surface area contributed by atoms with Gasteiger partial charge in [-0.25, -0.2) is 0 Å². The maximum absolute atomic E-state index is 12.6. The van der Waals surface area contributed by atoms with Crippen LogP contribution in [-0.2, 0) is 20.7 Å². The number of rotatable bonds is 2. The summed E-state index contributed by atoms with van der Waals surface area (Å²) in [6.45, 7) is 0.942. The molecule has 6 heteroatoms. The SMILES string of the molecule is NC(=O)C1COCCN1C(=O)C1CCc2ccccc2O1. The Morgan fingerprint density at radius 2 is 2.10 bits per heavy atom. The normalized spacial score (nSPS) is 24.9. The van der Waals surface area contributed by atoms with Crippen LogP contribution >= 0.6 is 0 Å². The van der Waals surface area contributed by atoms with Gasteiger partial charge in [-0.2, -0.15) is 0 Å². The Balaban J connectivity index is 1.75. The zero-order valence-electron chi connectivity index (χ0n) is 11.7. The van der Waals surface area contributed by atoms with Crippen LogP contribution < -0.4 is 10.5 Å². The van der Waals surface area contributed by atoms with E-state index in [4.69, 9.17) is 15.2 Å². The number of hydrogen-bond donors (Lipinski definition) is 1. The van der Waals surface area contributed by atoms with Crippen molar-refractivity contribution in [3.05, 3.63) is 29.8 Å². The van der Waals surface area contributed by atoms with Crippen LogP contribution in [0.3, 0.4) is 0 Å². The van der Waals surface area contributed by atoms with E-state index in [2.05, 4.69) is 0 Å². The fraction of sp³-hybridized carbons (Fsp3) is 0.467. The van der Waals surface area contributed by atoms with Crippen molar-refractivity contribution in [2.24, 2.45) is 5.73 Å². The van der Waals surface area contributed by atoms with E-state index in [0.717, 1.165) is 17.7 Å². The van der Waals surface area contributed by atoms with Gasteiger partial charge in [-0.15, -0.1) is 0 Å². The zero-order chi connectivity index (χ0) is 14.8. The Morgan fingerprint density at radius 3 is 2.90 bits per heavy atom. The first kappa shape index (κ1) is 13.9. The quantitative estimate of drug-likeness (QED) is 0.837. The Bertz CT molecular complexity index is 560. The summed E-state index contributed by atoms with van der Waals surface area (Å²) in [4.78, 5) is 25.6. The molecule has 2 atom stereocenters. The van der Waals surface area contributed by atoms with Gasteiger partial charge in [-0.05, 0) is 24.5 Å². The molecule has 1 fully saturated rings. The number of carbonyl (C=O) groups excluding carboxylic acids is 2. The van der Waals surface area contributed by atoms with Crippen LogP contribution in [0.15, 0.2) is 24.3 Å². The van der Waals surface area contributed by atoms with Crippen LogP contribution in [0.5, 0.6) is 5.75 Å². The minimum absolute atomic E-state index is 0.157. The summed E-state index contributed by atoms with van der Waals surface area (Å²) in [5.41, 5.74) is 6.45. The van der Waals surface area contributed by atoms with Crippen molar-refractivity contribution in [3.63, 3.8) is 0 Å².